The van der Waals surface area contributed by atoms with Crippen LogP contribution in [-0.2, 0) is 23.9 Å². The molecule has 0 saturated carbocycles. The number of alkyl halides is 3. The summed E-state index contributed by atoms with van der Waals surface area (Å²) >= 11 is 0.950. The number of hydrogen-bond donors (Lipinski definition) is 2. The molecule has 3 nitrogen and oxygen atoms in total. The molecule has 1 aromatic heterocycles. The van der Waals surface area contributed by atoms with Crippen LogP contribution in [0.2, 0.25) is 0 Å². The summed E-state index contributed by atoms with van der Waals surface area (Å²) in [6, 6.07) is 8.01. The molecule has 0 aliphatic heterocycles. The average Bonchev–Trinajstić information content (AvgIpc) is 2.92. The molecule has 22 heavy (non-hydrogen) atoms. The largest absolute Gasteiger partial charge is 0.480 e. The highest BCUT2D eigenvalue weighted by Gasteiger charge is 2.34. The van der Waals surface area contributed by atoms with E-state index in [1.165, 1.54) is 5.38 Å². The van der Waals surface area contributed by atoms with Crippen molar-refractivity contribution >= 4 is 17.3 Å². The van der Waals surface area contributed by atoms with Crippen LogP contribution in [0, 0.1) is 0 Å². The lowest BCUT2D eigenvalue weighted by molar-refractivity contribution is -0.139. The molecule has 0 spiro atoms. The topological polar surface area (TPSA) is 49.3 Å². The van der Waals surface area contributed by atoms with Gasteiger partial charge in [-0.25, -0.2) is 0 Å². The van der Waals surface area contributed by atoms with Crippen molar-refractivity contribution in [2.24, 2.45) is 0 Å². The first-order valence-electron chi connectivity index (χ1n) is 6.50. The summed E-state index contributed by atoms with van der Waals surface area (Å²) in [4.78, 5) is 11.3. The number of carbonyl (C=O) groups is 1. The number of carboxylic acid groups (broad SMARTS) is 1. The zero-order valence-corrected chi connectivity index (χ0v) is 12.2. The SMILES string of the molecule is O=C(O)[C@@H](Cc1ccccc1)NCc1cscc1C(F)(F)F. The van der Waals surface area contributed by atoms with E-state index in [1.54, 1.807) is 24.3 Å². The van der Waals surface area contributed by atoms with E-state index < -0.39 is 23.8 Å². The van der Waals surface area contributed by atoms with Gasteiger partial charge in [0.25, 0.3) is 0 Å². The Kier molecular flexibility index (Phi) is 5.20. The van der Waals surface area contributed by atoms with E-state index in [2.05, 4.69) is 5.32 Å². The van der Waals surface area contributed by atoms with E-state index in [4.69, 9.17) is 0 Å². The van der Waals surface area contributed by atoms with E-state index in [0.717, 1.165) is 22.3 Å². The molecule has 2 N–H and O–H groups in total. The van der Waals surface area contributed by atoms with E-state index >= 15 is 0 Å². The average molecular weight is 329 g/mol. The highest BCUT2D eigenvalue weighted by molar-refractivity contribution is 7.08. The maximum absolute atomic E-state index is 12.8. The fraction of sp³-hybridized carbons (Fsp3) is 0.267. The first-order chi connectivity index (χ1) is 10.4. The van der Waals surface area contributed by atoms with Crippen LogP contribution in [0.15, 0.2) is 41.1 Å². The third-order valence-electron chi connectivity index (χ3n) is 3.17. The van der Waals surface area contributed by atoms with Crippen LogP contribution in [0.25, 0.3) is 0 Å². The summed E-state index contributed by atoms with van der Waals surface area (Å²) in [5, 5.41) is 14.3. The van der Waals surface area contributed by atoms with Gasteiger partial charge in [0.2, 0.25) is 0 Å². The molecule has 0 fully saturated rings. The van der Waals surface area contributed by atoms with Gasteiger partial charge < -0.3 is 5.11 Å². The Balaban J connectivity index is 2.04. The maximum Gasteiger partial charge on any atom is 0.417 e. The second-order valence-electron chi connectivity index (χ2n) is 4.77. The molecule has 0 bridgehead atoms. The van der Waals surface area contributed by atoms with Crippen LogP contribution >= 0.6 is 11.3 Å². The Morgan fingerprint density at radius 1 is 1.23 bits per heavy atom. The minimum atomic E-state index is -4.42. The summed E-state index contributed by atoms with van der Waals surface area (Å²) < 4.78 is 38.3. The number of nitrogens with one attached hydrogen (secondary N) is 1. The lowest BCUT2D eigenvalue weighted by Gasteiger charge is -2.15. The molecule has 2 aromatic rings. The van der Waals surface area contributed by atoms with E-state index in [1.807, 2.05) is 6.07 Å². The van der Waals surface area contributed by atoms with Crippen molar-refractivity contribution in [1.82, 2.24) is 5.32 Å². The fourth-order valence-electron chi connectivity index (χ4n) is 2.04. The van der Waals surface area contributed by atoms with Crippen molar-refractivity contribution in [2.45, 2.75) is 25.2 Å². The number of halogens is 3. The summed E-state index contributed by atoms with van der Waals surface area (Å²) in [5.41, 5.74) is 0.162. The second kappa shape index (κ2) is 6.93. The lowest BCUT2D eigenvalue weighted by Crippen LogP contribution is -2.38. The summed E-state index contributed by atoms with van der Waals surface area (Å²) in [5.74, 6) is -1.09. The number of carboxylic acids is 1. The smallest absolute Gasteiger partial charge is 0.417 e. The Bertz CT molecular complexity index is 625. The van der Waals surface area contributed by atoms with Crippen LogP contribution in [0.5, 0.6) is 0 Å². The molecular weight excluding hydrogens is 315 g/mol. The fourth-order valence-corrected chi connectivity index (χ4v) is 2.90. The van der Waals surface area contributed by atoms with Gasteiger partial charge in [-0.05, 0) is 22.9 Å². The number of aliphatic carboxylic acids is 1. The Morgan fingerprint density at radius 2 is 1.91 bits per heavy atom. The zero-order valence-electron chi connectivity index (χ0n) is 11.4. The molecule has 1 aromatic carbocycles. The molecule has 118 valence electrons. The Labute approximate surface area is 129 Å². The molecule has 0 saturated heterocycles. The van der Waals surface area contributed by atoms with Crippen molar-refractivity contribution < 1.29 is 23.1 Å². The van der Waals surface area contributed by atoms with Gasteiger partial charge in [0.1, 0.15) is 6.04 Å². The van der Waals surface area contributed by atoms with Gasteiger partial charge in [0.05, 0.1) is 5.56 Å². The number of benzene rings is 1. The van der Waals surface area contributed by atoms with Gasteiger partial charge in [0, 0.05) is 11.9 Å². The van der Waals surface area contributed by atoms with Crippen molar-refractivity contribution in [3.05, 3.63) is 57.8 Å². The standard InChI is InChI=1S/C15H14F3NO2S/c16-15(17,18)12-9-22-8-11(12)7-19-13(14(20)21)6-10-4-2-1-3-5-10/h1-5,8-9,13,19H,6-7H2,(H,20,21)/t13-/m1/s1. The molecule has 1 atom stereocenters. The molecule has 0 radical (unpaired) electrons. The molecule has 2 rings (SSSR count). The van der Waals surface area contributed by atoms with Crippen LogP contribution < -0.4 is 5.32 Å². The van der Waals surface area contributed by atoms with E-state index in [-0.39, 0.29) is 18.5 Å². The van der Waals surface area contributed by atoms with Gasteiger partial charge in [-0.15, -0.1) is 0 Å². The number of thiophene rings is 1. The van der Waals surface area contributed by atoms with Crippen molar-refractivity contribution in [3.63, 3.8) is 0 Å². The lowest BCUT2D eigenvalue weighted by atomic mass is 10.1. The van der Waals surface area contributed by atoms with Crippen LogP contribution in [0.3, 0.4) is 0 Å². The summed E-state index contributed by atoms with van der Waals surface area (Å²) in [6.45, 7) is -0.137. The van der Waals surface area contributed by atoms with E-state index in [0.29, 0.717) is 0 Å². The highest BCUT2D eigenvalue weighted by Crippen LogP contribution is 2.34. The van der Waals surface area contributed by atoms with Gasteiger partial charge in [-0.2, -0.15) is 24.5 Å². The van der Waals surface area contributed by atoms with E-state index in [9.17, 15) is 23.1 Å². The number of rotatable bonds is 6. The first kappa shape index (κ1) is 16.5. The molecule has 0 aliphatic carbocycles. The summed E-state index contributed by atoms with van der Waals surface area (Å²) in [7, 11) is 0. The molecular formula is C15H14F3NO2S. The zero-order chi connectivity index (χ0) is 16.2. The predicted molar refractivity (Wildman–Crippen MR) is 77.7 cm³/mol. The van der Waals surface area contributed by atoms with Gasteiger partial charge in [-0.3, -0.25) is 10.1 Å². The van der Waals surface area contributed by atoms with Crippen LogP contribution in [0.1, 0.15) is 16.7 Å². The van der Waals surface area contributed by atoms with Gasteiger partial charge in [-0.1, -0.05) is 30.3 Å². The van der Waals surface area contributed by atoms with Crippen LogP contribution in [0.4, 0.5) is 13.2 Å². The first-order valence-corrected chi connectivity index (χ1v) is 7.44. The minimum absolute atomic E-state index is 0.0665. The highest BCUT2D eigenvalue weighted by atomic mass is 32.1. The molecule has 1 heterocycles. The predicted octanol–water partition coefficient (Wildman–Crippen LogP) is 3.55. The van der Waals surface area contributed by atoms with Gasteiger partial charge in [0.15, 0.2) is 0 Å². The maximum atomic E-state index is 12.8. The normalized spacial score (nSPS) is 13.0. The molecule has 0 aliphatic rings. The number of hydrogen-bond acceptors (Lipinski definition) is 3. The monoisotopic (exact) mass is 329 g/mol. The second-order valence-corrected chi connectivity index (χ2v) is 5.51. The van der Waals surface area contributed by atoms with Gasteiger partial charge >= 0.3 is 12.1 Å². The third-order valence-corrected chi connectivity index (χ3v) is 3.96. The van der Waals surface area contributed by atoms with Crippen molar-refractivity contribution in [2.75, 3.05) is 0 Å². The summed E-state index contributed by atoms with van der Waals surface area (Å²) in [6.07, 6.45) is -4.21. The Morgan fingerprint density at radius 3 is 2.50 bits per heavy atom. The minimum Gasteiger partial charge on any atom is -0.480 e. The Hall–Kier alpha value is -1.86. The molecule has 0 amide bonds. The quantitative estimate of drug-likeness (QED) is 0.852. The van der Waals surface area contributed by atoms with Crippen molar-refractivity contribution in [3.8, 4) is 0 Å². The molecule has 0 unspecified atom stereocenters. The van der Waals surface area contributed by atoms with Crippen LogP contribution in [-0.4, -0.2) is 17.1 Å². The molecule has 7 heteroatoms. The van der Waals surface area contributed by atoms with Crippen molar-refractivity contribution in [1.29, 1.82) is 0 Å². The third kappa shape index (κ3) is 4.32.